The topological polar surface area (TPSA) is 0 Å². The van der Waals surface area contributed by atoms with E-state index in [1.54, 1.807) is 25.7 Å². The summed E-state index contributed by atoms with van der Waals surface area (Å²) in [7, 11) is 0. The van der Waals surface area contributed by atoms with Gasteiger partial charge in [-0.3, -0.25) is 0 Å². The van der Waals surface area contributed by atoms with Gasteiger partial charge in [0.15, 0.2) is 0 Å². The minimum Gasteiger partial charge on any atom is -0.0651 e. The molecule has 0 nitrogen and oxygen atoms in total. The molecule has 0 heterocycles. The molecule has 0 saturated heterocycles. The van der Waals surface area contributed by atoms with Crippen molar-refractivity contribution in [3.05, 3.63) is 0 Å². The van der Waals surface area contributed by atoms with E-state index in [1.807, 2.05) is 0 Å². The smallest absolute Gasteiger partial charge is 0.0357 e. The van der Waals surface area contributed by atoms with Crippen LogP contribution in [0.2, 0.25) is 0 Å². The molecule has 0 amide bonds. The molecule has 2 aliphatic carbocycles. The van der Waals surface area contributed by atoms with Crippen molar-refractivity contribution in [3.63, 3.8) is 0 Å². The highest BCUT2D eigenvalue weighted by Gasteiger charge is 2.40. The highest BCUT2D eigenvalue weighted by atomic mass is 14.5. The van der Waals surface area contributed by atoms with Crippen molar-refractivity contribution in [2.45, 2.75) is 39.0 Å². The molecule has 9 heavy (non-hydrogen) atoms. The fourth-order valence-electron chi connectivity index (χ4n) is 2.72. The Kier molecular flexibility index (Phi) is 1.28. The minimum atomic E-state index is 1.13. The molecular weight excluding hydrogens is 108 g/mol. The van der Waals surface area contributed by atoms with Gasteiger partial charge in [-0.15, -0.1) is 0 Å². The summed E-state index contributed by atoms with van der Waals surface area (Å²) in [6, 6.07) is 0. The highest BCUT2D eigenvalue weighted by molar-refractivity contribution is 4.91. The Morgan fingerprint density at radius 1 is 1.11 bits per heavy atom. The molecule has 0 aromatic carbocycles. The third-order valence-electron chi connectivity index (χ3n) is 3.51. The van der Waals surface area contributed by atoms with Crippen LogP contribution in [-0.2, 0) is 0 Å². The van der Waals surface area contributed by atoms with E-state index in [2.05, 4.69) is 6.92 Å². The first kappa shape index (κ1) is 5.76. The van der Waals surface area contributed by atoms with Gasteiger partial charge in [0.05, 0.1) is 0 Å². The van der Waals surface area contributed by atoms with Crippen molar-refractivity contribution in [1.29, 1.82) is 0 Å². The van der Waals surface area contributed by atoms with Gasteiger partial charge in [0.25, 0.3) is 0 Å². The van der Waals surface area contributed by atoms with Crippen molar-refractivity contribution in [1.82, 2.24) is 0 Å². The predicted molar refractivity (Wildman–Crippen MR) is 39.2 cm³/mol. The Labute approximate surface area is 57.6 Å². The van der Waals surface area contributed by atoms with Gasteiger partial charge in [0, 0.05) is 0 Å². The van der Waals surface area contributed by atoms with E-state index < -0.39 is 0 Å². The molecule has 2 rings (SSSR count). The van der Waals surface area contributed by atoms with E-state index in [9.17, 15) is 0 Å². The molecule has 2 unspecified atom stereocenters. The summed E-state index contributed by atoms with van der Waals surface area (Å²) in [4.78, 5) is 0. The maximum absolute atomic E-state index is 2.35. The number of rotatable bonds is 1. The fraction of sp³-hybridized carbons (Fsp3) is 1.00. The Morgan fingerprint density at radius 3 is 2.22 bits per heavy atom. The first-order valence-corrected chi connectivity index (χ1v) is 4.42. The second-order valence-electron chi connectivity index (χ2n) is 3.75. The van der Waals surface area contributed by atoms with Crippen molar-refractivity contribution in [3.8, 4) is 0 Å². The van der Waals surface area contributed by atoms with Gasteiger partial charge in [-0.25, -0.2) is 0 Å². The maximum Gasteiger partial charge on any atom is -0.0357 e. The van der Waals surface area contributed by atoms with Gasteiger partial charge in [0.2, 0.25) is 0 Å². The summed E-state index contributed by atoms with van der Waals surface area (Å²) in [6.07, 6.45) is 7.67. The van der Waals surface area contributed by atoms with Crippen LogP contribution in [0.1, 0.15) is 39.0 Å². The standard InChI is InChI=1S/C9H16/c1-2-7-3-4-8-5-6-9(7)8/h7-9H,2-6H2,1H3/t7?,8?,9-/m1/s1. The van der Waals surface area contributed by atoms with E-state index >= 15 is 0 Å². The fourth-order valence-corrected chi connectivity index (χ4v) is 2.72. The molecule has 0 bridgehead atoms. The molecule has 0 aliphatic heterocycles. The summed E-state index contributed by atoms with van der Waals surface area (Å²) < 4.78 is 0. The van der Waals surface area contributed by atoms with E-state index in [4.69, 9.17) is 0 Å². The summed E-state index contributed by atoms with van der Waals surface area (Å²) in [5.74, 6) is 3.48. The van der Waals surface area contributed by atoms with Crippen molar-refractivity contribution >= 4 is 0 Å². The number of fused-ring (bicyclic) bond motifs is 1. The Bertz CT molecular complexity index is 105. The molecule has 0 aromatic rings. The van der Waals surface area contributed by atoms with Crippen molar-refractivity contribution < 1.29 is 0 Å². The minimum absolute atomic E-state index is 1.13. The maximum atomic E-state index is 2.35. The van der Waals surface area contributed by atoms with Gasteiger partial charge in [-0.05, 0) is 43.4 Å². The van der Waals surface area contributed by atoms with Crippen LogP contribution in [0.5, 0.6) is 0 Å². The molecule has 52 valence electrons. The highest BCUT2D eigenvalue weighted by Crippen LogP contribution is 2.51. The molecule has 0 heteroatoms. The predicted octanol–water partition coefficient (Wildman–Crippen LogP) is 2.83. The normalized spacial score (nSPS) is 48.3. The molecule has 3 atom stereocenters. The molecule has 0 radical (unpaired) electrons. The zero-order valence-electron chi connectivity index (χ0n) is 6.27. The third-order valence-corrected chi connectivity index (χ3v) is 3.51. The number of hydrogen-bond acceptors (Lipinski definition) is 0. The van der Waals surface area contributed by atoms with Crippen LogP contribution in [0.25, 0.3) is 0 Å². The molecule has 0 spiro atoms. The van der Waals surface area contributed by atoms with Crippen LogP contribution in [-0.4, -0.2) is 0 Å². The van der Waals surface area contributed by atoms with Crippen LogP contribution >= 0.6 is 0 Å². The lowest BCUT2D eigenvalue weighted by Gasteiger charge is -2.33. The summed E-state index contributed by atoms with van der Waals surface area (Å²) >= 11 is 0. The lowest BCUT2D eigenvalue weighted by molar-refractivity contribution is 0.169. The Morgan fingerprint density at radius 2 is 1.89 bits per heavy atom. The molecule has 0 aromatic heterocycles. The van der Waals surface area contributed by atoms with Crippen LogP contribution in [0.3, 0.4) is 0 Å². The van der Waals surface area contributed by atoms with Crippen LogP contribution in [0.15, 0.2) is 0 Å². The van der Waals surface area contributed by atoms with E-state index in [0.29, 0.717) is 0 Å². The average molecular weight is 124 g/mol. The van der Waals surface area contributed by atoms with Crippen molar-refractivity contribution in [2.75, 3.05) is 0 Å². The van der Waals surface area contributed by atoms with Gasteiger partial charge >= 0.3 is 0 Å². The van der Waals surface area contributed by atoms with Crippen LogP contribution in [0.4, 0.5) is 0 Å². The summed E-state index contributed by atoms with van der Waals surface area (Å²) in [5, 5.41) is 0. The quantitative estimate of drug-likeness (QED) is 0.504. The second kappa shape index (κ2) is 2.00. The zero-order chi connectivity index (χ0) is 6.27. The second-order valence-corrected chi connectivity index (χ2v) is 3.75. The Hall–Kier alpha value is 0. The summed E-state index contributed by atoms with van der Waals surface area (Å²) in [5.41, 5.74) is 0. The van der Waals surface area contributed by atoms with Gasteiger partial charge in [0.1, 0.15) is 0 Å². The molecule has 2 aliphatic rings. The zero-order valence-corrected chi connectivity index (χ0v) is 6.27. The lowest BCUT2D eigenvalue weighted by Crippen LogP contribution is -2.24. The molecule has 2 saturated carbocycles. The number of hydrogen-bond donors (Lipinski definition) is 0. The van der Waals surface area contributed by atoms with Gasteiger partial charge in [-0.2, -0.15) is 0 Å². The monoisotopic (exact) mass is 124 g/mol. The first-order chi connectivity index (χ1) is 4.42. The van der Waals surface area contributed by atoms with E-state index in [-0.39, 0.29) is 0 Å². The average Bonchev–Trinajstić information content (AvgIpc) is 2.07. The van der Waals surface area contributed by atoms with Gasteiger partial charge in [-0.1, -0.05) is 13.3 Å². The largest absolute Gasteiger partial charge is 0.0651 e. The van der Waals surface area contributed by atoms with E-state index in [0.717, 1.165) is 5.92 Å². The first-order valence-electron chi connectivity index (χ1n) is 4.42. The SMILES string of the molecule is CCC1CCC2CC[C@H]12. The van der Waals surface area contributed by atoms with Crippen LogP contribution < -0.4 is 0 Å². The molecule has 2 fully saturated rings. The van der Waals surface area contributed by atoms with Gasteiger partial charge < -0.3 is 0 Å². The lowest BCUT2D eigenvalue weighted by atomic mass is 9.72. The third kappa shape index (κ3) is 0.720. The molecular formula is C9H16. The Balaban J connectivity index is 1.97. The van der Waals surface area contributed by atoms with E-state index in [1.165, 1.54) is 18.3 Å². The summed E-state index contributed by atoms with van der Waals surface area (Å²) in [6.45, 7) is 2.35. The van der Waals surface area contributed by atoms with Crippen LogP contribution in [0, 0.1) is 17.8 Å². The molecule has 0 N–H and O–H groups in total. The van der Waals surface area contributed by atoms with Crippen molar-refractivity contribution in [2.24, 2.45) is 17.8 Å².